The van der Waals surface area contributed by atoms with E-state index in [-0.39, 0.29) is 12.0 Å². The molecule has 0 fully saturated rings. The number of anilines is 1. The van der Waals surface area contributed by atoms with Crippen molar-refractivity contribution < 1.29 is 14.3 Å². The van der Waals surface area contributed by atoms with E-state index in [1.807, 2.05) is 75.4 Å². The summed E-state index contributed by atoms with van der Waals surface area (Å²) in [6.45, 7) is 8.69. The van der Waals surface area contributed by atoms with Crippen molar-refractivity contribution in [1.29, 1.82) is 0 Å². The summed E-state index contributed by atoms with van der Waals surface area (Å²) < 4.78 is 11.6. The molecule has 1 atom stereocenters. The molecule has 0 saturated heterocycles. The van der Waals surface area contributed by atoms with Crippen LogP contribution >= 0.6 is 0 Å². The zero-order valence-corrected chi connectivity index (χ0v) is 19.4. The van der Waals surface area contributed by atoms with E-state index in [1.54, 1.807) is 0 Å². The van der Waals surface area contributed by atoms with E-state index in [9.17, 15) is 4.79 Å². The Bertz CT molecular complexity index is 1030. The van der Waals surface area contributed by atoms with Gasteiger partial charge in [-0.3, -0.25) is 9.78 Å². The lowest BCUT2D eigenvalue weighted by molar-refractivity contribution is 0.0761. The number of aryl methyl sites for hydroxylation is 2. The molecular weight excluding hydrogens is 400 g/mol. The van der Waals surface area contributed by atoms with Crippen LogP contribution in [0.4, 0.5) is 5.69 Å². The number of pyridine rings is 1. The first-order valence-electron chi connectivity index (χ1n) is 11.3. The number of hydrogen-bond donors (Lipinski definition) is 1. The van der Waals surface area contributed by atoms with Crippen molar-refractivity contribution in [3.8, 4) is 11.5 Å². The summed E-state index contributed by atoms with van der Waals surface area (Å²) in [4.78, 5) is 17.3. The second kappa shape index (κ2) is 11.4. The molecule has 5 heteroatoms. The zero-order valence-electron chi connectivity index (χ0n) is 19.4. The highest BCUT2D eigenvalue weighted by Crippen LogP contribution is 2.27. The van der Waals surface area contributed by atoms with Crippen molar-refractivity contribution >= 4 is 11.6 Å². The topological polar surface area (TPSA) is 60.5 Å². The van der Waals surface area contributed by atoms with Crippen LogP contribution in [0.25, 0.3) is 0 Å². The Labute approximate surface area is 190 Å². The lowest BCUT2D eigenvalue weighted by Crippen LogP contribution is -2.16. The van der Waals surface area contributed by atoms with Crippen LogP contribution in [-0.4, -0.2) is 23.6 Å². The van der Waals surface area contributed by atoms with Crippen molar-refractivity contribution in [3.05, 3.63) is 83.2 Å². The second-order valence-electron chi connectivity index (χ2n) is 7.84. The first kappa shape index (κ1) is 23.5. The standard InChI is InChI=1S/C27H32N2O3/c1-5-9-21-10-7-8-11-26(21)32-24-15-12-22(13-16-24)29-27(30)25-17-14-23(28-20(25)4)18-19(3)31-6-2/h7-8,10-17,19H,5-6,9,18H2,1-4H3,(H,29,30). The quantitative estimate of drug-likeness (QED) is 0.405. The zero-order chi connectivity index (χ0) is 22.9. The molecule has 0 radical (unpaired) electrons. The fraction of sp³-hybridized carbons (Fsp3) is 0.333. The third-order valence-electron chi connectivity index (χ3n) is 5.17. The summed E-state index contributed by atoms with van der Waals surface area (Å²) in [6, 6.07) is 19.2. The van der Waals surface area contributed by atoms with Gasteiger partial charge in [-0.25, -0.2) is 0 Å². The predicted octanol–water partition coefficient (Wildman–Crippen LogP) is 6.35. The van der Waals surface area contributed by atoms with Crippen LogP contribution in [0.5, 0.6) is 11.5 Å². The molecule has 1 unspecified atom stereocenters. The van der Waals surface area contributed by atoms with Gasteiger partial charge in [-0.05, 0) is 75.2 Å². The molecule has 1 heterocycles. The van der Waals surface area contributed by atoms with Crippen LogP contribution in [0, 0.1) is 6.92 Å². The molecule has 3 aromatic rings. The fourth-order valence-corrected chi connectivity index (χ4v) is 3.62. The van der Waals surface area contributed by atoms with Gasteiger partial charge in [-0.2, -0.15) is 0 Å². The first-order chi connectivity index (χ1) is 15.5. The summed E-state index contributed by atoms with van der Waals surface area (Å²) >= 11 is 0. The smallest absolute Gasteiger partial charge is 0.257 e. The monoisotopic (exact) mass is 432 g/mol. The van der Waals surface area contributed by atoms with E-state index in [0.29, 0.717) is 23.6 Å². The number of carbonyl (C=O) groups excluding carboxylic acids is 1. The minimum atomic E-state index is -0.179. The summed E-state index contributed by atoms with van der Waals surface area (Å²) in [5.41, 5.74) is 4.08. The molecule has 1 aromatic heterocycles. The van der Waals surface area contributed by atoms with Gasteiger partial charge < -0.3 is 14.8 Å². The predicted molar refractivity (Wildman–Crippen MR) is 129 cm³/mol. The van der Waals surface area contributed by atoms with Crippen LogP contribution < -0.4 is 10.1 Å². The van der Waals surface area contributed by atoms with Gasteiger partial charge in [0.1, 0.15) is 11.5 Å². The molecule has 5 nitrogen and oxygen atoms in total. The molecule has 1 amide bonds. The molecule has 2 aromatic carbocycles. The van der Waals surface area contributed by atoms with Gasteiger partial charge in [-0.15, -0.1) is 0 Å². The number of aromatic nitrogens is 1. The van der Waals surface area contributed by atoms with Gasteiger partial charge in [0.15, 0.2) is 0 Å². The van der Waals surface area contributed by atoms with Crippen LogP contribution in [0.2, 0.25) is 0 Å². The van der Waals surface area contributed by atoms with Gasteiger partial charge >= 0.3 is 0 Å². The Morgan fingerprint density at radius 3 is 2.47 bits per heavy atom. The molecule has 0 aliphatic heterocycles. The van der Waals surface area contributed by atoms with Crippen LogP contribution in [0.3, 0.4) is 0 Å². The van der Waals surface area contributed by atoms with Crippen molar-refractivity contribution in [1.82, 2.24) is 4.98 Å². The Morgan fingerprint density at radius 2 is 1.78 bits per heavy atom. The number of para-hydroxylation sites is 1. The SMILES string of the molecule is CCCc1ccccc1Oc1ccc(NC(=O)c2ccc(CC(C)OCC)nc2C)cc1. The van der Waals surface area contributed by atoms with Gasteiger partial charge in [0.05, 0.1) is 17.4 Å². The van der Waals surface area contributed by atoms with Crippen molar-refractivity contribution in [3.63, 3.8) is 0 Å². The maximum Gasteiger partial charge on any atom is 0.257 e. The fourth-order valence-electron chi connectivity index (χ4n) is 3.62. The molecular formula is C27H32N2O3. The van der Waals surface area contributed by atoms with Gasteiger partial charge in [-0.1, -0.05) is 31.5 Å². The number of amides is 1. The van der Waals surface area contributed by atoms with Gasteiger partial charge in [0.25, 0.3) is 5.91 Å². The maximum absolute atomic E-state index is 12.8. The largest absolute Gasteiger partial charge is 0.457 e. The Kier molecular flexibility index (Phi) is 8.40. The van der Waals surface area contributed by atoms with E-state index in [2.05, 4.69) is 23.3 Å². The third kappa shape index (κ3) is 6.41. The van der Waals surface area contributed by atoms with E-state index < -0.39 is 0 Å². The molecule has 1 N–H and O–H groups in total. The third-order valence-corrected chi connectivity index (χ3v) is 5.17. The van der Waals surface area contributed by atoms with Crippen LogP contribution in [-0.2, 0) is 17.6 Å². The summed E-state index contributed by atoms with van der Waals surface area (Å²) in [6.07, 6.45) is 2.85. The summed E-state index contributed by atoms with van der Waals surface area (Å²) in [5.74, 6) is 1.42. The Hall–Kier alpha value is -3.18. The molecule has 3 rings (SSSR count). The van der Waals surface area contributed by atoms with Gasteiger partial charge in [0.2, 0.25) is 0 Å². The highest BCUT2D eigenvalue weighted by Gasteiger charge is 2.13. The number of carbonyl (C=O) groups is 1. The number of hydrogen-bond acceptors (Lipinski definition) is 4. The molecule has 32 heavy (non-hydrogen) atoms. The molecule has 168 valence electrons. The minimum Gasteiger partial charge on any atom is -0.457 e. The maximum atomic E-state index is 12.8. The lowest BCUT2D eigenvalue weighted by Gasteiger charge is -2.13. The summed E-state index contributed by atoms with van der Waals surface area (Å²) in [5, 5.41) is 2.94. The van der Waals surface area contributed by atoms with E-state index >= 15 is 0 Å². The number of nitrogens with zero attached hydrogens (tertiary/aromatic N) is 1. The van der Waals surface area contributed by atoms with Crippen LogP contribution in [0.1, 0.15) is 54.5 Å². The van der Waals surface area contributed by atoms with Gasteiger partial charge in [0, 0.05) is 24.4 Å². The second-order valence-corrected chi connectivity index (χ2v) is 7.84. The summed E-state index contributed by atoms with van der Waals surface area (Å²) in [7, 11) is 0. The molecule has 0 bridgehead atoms. The molecule has 0 aliphatic rings. The van der Waals surface area contributed by atoms with Crippen LogP contribution in [0.15, 0.2) is 60.7 Å². The molecule has 0 spiro atoms. The Morgan fingerprint density at radius 1 is 1.03 bits per heavy atom. The van der Waals surface area contributed by atoms with E-state index in [1.165, 1.54) is 5.56 Å². The van der Waals surface area contributed by atoms with E-state index in [0.717, 1.165) is 36.5 Å². The highest BCUT2D eigenvalue weighted by molar-refractivity contribution is 6.05. The number of benzene rings is 2. The Balaban J connectivity index is 1.63. The first-order valence-corrected chi connectivity index (χ1v) is 11.3. The number of rotatable bonds is 10. The van der Waals surface area contributed by atoms with E-state index in [4.69, 9.17) is 9.47 Å². The van der Waals surface area contributed by atoms with Crippen molar-refractivity contribution in [2.45, 2.75) is 53.1 Å². The normalized spacial score (nSPS) is 11.8. The number of ether oxygens (including phenoxy) is 2. The lowest BCUT2D eigenvalue weighted by atomic mass is 10.1. The molecule has 0 aliphatic carbocycles. The average Bonchev–Trinajstić information content (AvgIpc) is 2.77. The van der Waals surface area contributed by atoms with Crippen molar-refractivity contribution in [2.75, 3.05) is 11.9 Å². The number of nitrogens with one attached hydrogen (secondary N) is 1. The van der Waals surface area contributed by atoms with Crippen molar-refractivity contribution in [2.24, 2.45) is 0 Å². The average molecular weight is 433 g/mol. The molecule has 0 saturated carbocycles. The highest BCUT2D eigenvalue weighted by atomic mass is 16.5. The minimum absolute atomic E-state index is 0.0984.